The highest BCUT2D eigenvalue weighted by atomic mass is 79.9. The van der Waals surface area contributed by atoms with Gasteiger partial charge in [-0.2, -0.15) is 0 Å². The summed E-state index contributed by atoms with van der Waals surface area (Å²) in [5, 5.41) is 2.68. The van der Waals surface area contributed by atoms with Gasteiger partial charge >= 0.3 is 6.03 Å². The molecule has 2 aromatic rings. The van der Waals surface area contributed by atoms with Crippen LogP contribution in [0.25, 0.3) is 10.6 Å². The third kappa shape index (κ3) is 3.16. The van der Waals surface area contributed by atoms with Crippen LogP contribution in [-0.4, -0.2) is 46.4 Å². The lowest BCUT2D eigenvalue weighted by Gasteiger charge is -2.15. The fraction of sp³-hybridized carbons (Fsp3) is 0.353. The second-order valence-corrected chi connectivity index (χ2v) is 7.88. The van der Waals surface area contributed by atoms with Crippen molar-refractivity contribution in [3.63, 3.8) is 0 Å². The molecule has 2 aliphatic rings. The van der Waals surface area contributed by atoms with Gasteiger partial charge in [0.25, 0.3) is 5.91 Å². The molecule has 2 heterocycles. The first-order valence-corrected chi connectivity index (χ1v) is 9.63. The molecule has 0 spiro atoms. The van der Waals surface area contributed by atoms with Crippen molar-refractivity contribution in [1.29, 1.82) is 0 Å². The van der Waals surface area contributed by atoms with Crippen LogP contribution in [0.15, 0.2) is 28.1 Å². The maximum Gasteiger partial charge on any atom is 0.327 e. The molecule has 0 unspecified atom stereocenters. The van der Waals surface area contributed by atoms with Crippen molar-refractivity contribution in [2.45, 2.75) is 25.4 Å². The van der Waals surface area contributed by atoms with Crippen LogP contribution in [0.5, 0.6) is 5.75 Å². The van der Waals surface area contributed by atoms with E-state index in [-0.39, 0.29) is 31.1 Å². The molecule has 1 aliphatic heterocycles. The first kappa shape index (κ1) is 16.5. The van der Waals surface area contributed by atoms with Gasteiger partial charge in [0.1, 0.15) is 17.3 Å². The highest BCUT2D eigenvalue weighted by Crippen LogP contribution is 2.35. The van der Waals surface area contributed by atoms with E-state index in [2.05, 4.69) is 20.9 Å². The van der Waals surface area contributed by atoms with Gasteiger partial charge in [0, 0.05) is 15.9 Å². The molecule has 0 radical (unpaired) electrons. The highest BCUT2D eigenvalue weighted by Gasteiger charge is 2.43. The van der Waals surface area contributed by atoms with Crippen molar-refractivity contribution in [2.24, 2.45) is 0 Å². The van der Waals surface area contributed by atoms with Crippen LogP contribution >= 0.6 is 27.3 Å². The largest absolute Gasteiger partial charge is 0.496 e. The van der Waals surface area contributed by atoms with E-state index in [4.69, 9.17) is 4.74 Å². The minimum atomic E-state index is -0.193. The van der Waals surface area contributed by atoms with Crippen LogP contribution < -0.4 is 4.74 Å². The lowest BCUT2D eigenvalue weighted by molar-refractivity contribution is -0.125. The van der Waals surface area contributed by atoms with E-state index < -0.39 is 0 Å². The zero-order chi connectivity index (χ0) is 17.6. The monoisotopic (exact) mass is 421 g/mol. The molecule has 2 fully saturated rings. The molecule has 4 rings (SSSR count). The van der Waals surface area contributed by atoms with Crippen molar-refractivity contribution in [3.8, 4) is 16.3 Å². The Labute approximate surface area is 157 Å². The maximum absolute atomic E-state index is 12.4. The molecule has 1 aromatic heterocycles. The van der Waals surface area contributed by atoms with Gasteiger partial charge in [-0.25, -0.2) is 9.78 Å². The number of nitrogens with zero attached hydrogens (tertiary/aromatic N) is 3. The number of amides is 3. The normalized spacial score (nSPS) is 17.5. The van der Waals surface area contributed by atoms with Crippen molar-refractivity contribution in [1.82, 2.24) is 14.8 Å². The maximum atomic E-state index is 12.4. The van der Waals surface area contributed by atoms with Crippen molar-refractivity contribution in [2.75, 3.05) is 13.7 Å². The summed E-state index contributed by atoms with van der Waals surface area (Å²) < 4.78 is 6.33. The summed E-state index contributed by atoms with van der Waals surface area (Å²) in [6.07, 6.45) is 1.99. The van der Waals surface area contributed by atoms with Crippen LogP contribution in [0.1, 0.15) is 18.5 Å². The molecule has 25 heavy (non-hydrogen) atoms. The number of aromatic nitrogens is 1. The molecule has 0 atom stereocenters. The van der Waals surface area contributed by atoms with Gasteiger partial charge in [-0.15, -0.1) is 11.3 Å². The minimum Gasteiger partial charge on any atom is -0.496 e. The molecular formula is C17H16BrN3O3S. The van der Waals surface area contributed by atoms with Gasteiger partial charge in [-0.05, 0) is 31.0 Å². The lowest BCUT2D eigenvalue weighted by atomic mass is 10.2. The third-order valence-electron chi connectivity index (χ3n) is 4.33. The zero-order valence-corrected chi connectivity index (χ0v) is 16.0. The molecule has 130 valence electrons. The Hall–Kier alpha value is -1.93. The fourth-order valence-corrected chi connectivity index (χ4v) is 4.09. The minimum absolute atomic E-state index is 0.147. The van der Waals surface area contributed by atoms with E-state index >= 15 is 0 Å². The topological polar surface area (TPSA) is 62.7 Å². The third-order valence-corrected chi connectivity index (χ3v) is 5.75. The molecule has 1 saturated heterocycles. The smallest absolute Gasteiger partial charge is 0.327 e. The fourth-order valence-electron chi connectivity index (χ4n) is 2.90. The lowest BCUT2D eigenvalue weighted by Crippen LogP contribution is -2.33. The van der Waals surface area contributed by atoms with Crippen LogP contribution in [-0.2, 0) is 11.3 Å². The summed E-state index contributed by atoms with van der Waals surface area (Å²) in [5.41, 5.74) is 1.59. The van der Waals surface area contributed by atoms with Crippen LogP contribution in [0.3, 0.4) is 0 Å². The number of carbonyl (C=O) groups is 2. The Morgan fingerprint density at radius 1 is 1.36 bits per heavy atom. The van der Waals surface area contributed by atoms with Crippen molar-refractivity contribution >= 4 is 39.2 Å². The van der Waals surface area contributed by atoms with Crippen molar-refractivity contribution in [3.05, 3.63) is 33.7 Å². The van der Waals surface area contributed by atoms with Gasteiger partial charge in [0.15, 0.2) is 0 Å². The number of urea groups is 1. The van der Waals surface area contributed by atoms with E-state index in [1.54, 1.807) is 12.0 Å². The summed E-state index contributed by atoms with van der Waals surface area (Å²) >= 11 is 4.93. The summed E-state index contributed by atoms with van der Waals surface area (Å²) in [5.74, 6) is 0.587. The van der Waals surface area contributed by atoms with E-state index in [0.717, 1.165) is 33.6 Å². The molecule has 0 bridgehead atoms. The number of hydrogen-bond donors (Lipinski definition) is 0. The summed E-state index contributed by atoms with van der Waals surface area (Å²) in [4.78, 5) is 32.1. The Bertz CT molecular complexity index is 849. The highest BCUT2D eigenvalue weighted by molar-refractivity contribution is 9.10. The van der Waals surface area contributed by atoms with E-state index in [1.807, 2.05) is 23.6 Å². The molecule has 1 aliphatic carbocycles. The van der Waals surface area contributed by atoms with Crippen LogP contribution in [0, 0.1) is 0 Å². The molecule has 6 nitrogen and oxygen atoms in total. The standard InChI is InChI=1S/C17H16BrN3O3S/c1-24-14-5-2-10(18)6-13(14)16-19-11(9-25-16)7-21-15(22)8-20(17(21)23)12-3-4-12/h2,5-6,9,12H,3-4,7-8H2,1H3. The Morgan fingerprint density at radius 2 is 2.16 bits per heavy atom. The number of halogens is 1. The zero-order valence-electron chi connectivity index (χ0n) is 13.6. The quantitative estimate of drug-likeness (QED) is 0.692. The first-order valence-electron chi connectivity index (χ1n) is 7.96. The summed E-state index contributed by atoms with van der Waals surface area (Å²) in [6, 6.07) is 5.79. The number of thiazole rings is 1. The summed E-state index contributed by atoms with van der Waals surface area (Å²) in [7, 11) is 1.62. The molecule has 1 aromatic carbocycles. The first-order chi connectivity index (χ1) is 12.1. The van der Waals surface area contributed by atoms with Crippen molar-refractivity contribution < 1.29 is 14.3 Å². The SMILES string of the molecule is COc1ccc(Br)cc1-c1nc(CN2C(=O)CN(C3CC3)C2=O)cs1. The predicted molar refractivity (Wildman–Crippen MR) is 97.5 cm³/mol. The predicted octanol–water partition coefficient (Wildman–Crippen LogP) is 3.51. The van der Waals surface area contributed by atoms with Gasteiger partial charge in [-0.3, -0.25) is 9.69 Å². The molecule has 1 saturated carbocycles. The van der Waals surface area contributed by atoms with Gasteiger partial charge < -0.3 is 9.64 Å². The number of methoxy groups -OCH3 is 1. The van der Waals surface area contributed by atoms with E-state index in [0.29, 0.717) is 5.69 Å². The Balaban J connectivity index is 1.55. The molecular weight excluding hydrogens is 406 g/mol. The van der Waals surface area contributed by atoms with E-state index in [9.17, 15) is 9.59 Å². The number of benzene rings is 1. The van der Waals surface area contributed by atoms with Crippen LogP contribution in [0.2, 0.25) is 0 Å². The second kappa shape index (κ2) is 6.42. The second-order valence-electron chi connectivity index (χ2n) is 6.11. The number of carbonyl (C=O) groups excluding carboxylic acids is 2. The summed E-state index contributed by atoms with van der Waals surface area (Å²) in [6.45, 7) is 0.410. The van der Waals surface area contributed by atoms with Gasteiger partial charge in [0.05, 0.1) is 24.9 Å². The number of rotatable bonds is 5. The van der Waals surface area contributed by atoms with E-state index in [1.165, 1.54) is 16.2 Å². The molecule has 3 amide bonds. The number of imide groups is 1. The number of ether oxygens (including phenoxy) is 1. The molecule has 8 heteroatoms. The Kier molecular flexibility index (Phi) is 4.24. The van der Waals surface area contributed by atoms with Crippen LogP contribution in [0.4, 0.5) is 4.79 Å². The average molecular weight is 422 g/mol. The average Bonchev–Trinajstić information content (AvgIpc) is 3.27. The molecule has 0 N–H and O–H groups in total. The Morgan fingerprint density at radius 3 is 2.88 bits per heavy atom. The van der Waals surface area contributed by atoms with Gasteiger partial charge in [0.2, 0.25) is 0 Å². The van der Waals surface area contributed by atoms with Gasteiger partial charge in [-0.1, -0.05) is 15.9 Å². The number of hydrogen-bond acceptors (Lipinski definition) is 5.